The molecule has 0 saturated heterocycles. The lowest BCUT2D eigenvalue weighted by Crippen LogP contribution is -2.24. The van der Waals surface area contributed by atoms with Crippen molar-refractivity contribution in [3.8, 4) is 5.75 Å². The fourth-order valence-corrected chi connectivity index (χ4v) is 2.94. The van der Waals surface area contributed by atoms with E-state index >= 15 is 0 Å². The second-order valence-electron chi connectivity index (χ2n) is 6.21. The molecule has 0 fully saturated rings. The molecule has 146 valence electrons. The molecule has 0 saturated carbocycles. The van der Waals surface area contributed by atoms with E-state index in [1.54, 1.807) is 30.3 Å². The zero-order valence-electron chi connectivity index (χ0n) is 16.1. The van der Waals surface area contributed by atoms with E-state index in [1.165, 1.54) is 14.0 Å². The Balaban J connectivity index is 1.77. The van der Waals surface area contributed by atoms with E-state index in [0.29, 0.717) is 29.1 Å². The third-order valence-electron chi connectivity index (χ3n) is 4.28. The van der Waals surface area contributed by atoms with Crippen molar-refractivity contribution in [2.24, 2.45) is 0 Å². The van der Waals surface area contributed by atoms with Crippen molar-refractivity contribution in [1.82, 2.24) is 0 Å². The summed E-state index contributed by atoms with van der Waals surface area (Å²) in [6.45, 7) is 4.16. The lowest BCUT2D eigenvalue weighted by atomic mass is 10.1. The highest BCUT2D eigenvalue weighted by molar-refractivity contribution is 6.02. The van der Waals surface area contributed by atoms with Crippen molar-refractivity contribution in [3.05, 3.63) is 65.4 Å². The first kappa shape index (κ1) is 19.6. The van der Waals surface area contributed by atoms with Gasteiger partial charge in [0.2, 0.25) is 11.5 Å². The number of fused-ring (bicyclic) bond motifs is 1. The van der Waals surface area contributed by atoms with Gasteiger partial charge in [0.25, 0.3) is 0 Å². The first-order valence-electron chi connectivity index (χ1n) is 9.02. The Bertz CT molecular complexity index is 970. The normalized spacial score (nSPS) is 12.0. The predicted molar refractivity (Wildman–Crippen MR) is 104 cm³/mol. The minimum absolute atomic E-state index is 0.0504. The zero-order chi connectivity index (χ0) is 20.1. The molecule has 3 rings (SSSR count). The van der Waals surface area contributed by atoms with Gasteiger partial charge in [-0.05, 0) is 44.2 Å². The average Bonchev–Trinajstić information content (AvgIpc) is 3.07. The highest BCUT2D eigenvalue weighted by Crippen LogP contribution is 2.27. The molecule has 0 bridgehead atoms. The number of hydrogen-bond donors (Lipinski definition) is 0. The summed E-state index contributed by atoms with van der Waals surface area (Å²) >= 11 is 0. The molecule has 0 aliphatic heterocycles. The van der Waals surface area contributed by atoms with Crippen LogP contribution in [0, 0.1) is 0 Å². The van der Waals surface area contributed by atoms with Crippen molar-refractivity contribution in [2.45, 2.75) is 26.6 Å². The zero-order valence-corrected chi connectivity index (χ0v) is 16.1. The van der Waals surface area contributed by atoms with E-state index in [4.69, 9.17) is 18.6 Å². The topological polar surface area (TPSA) is 75.0 Å². The van der Waals surface area contributed by atoms with Gasteiger partial charge in [-0.25, -0.2) is 4.79 Å². The maximum Gasteiger partial charge on any atom is 0.375 e. The van der Waals surface area contributed by atoms with Gasteiger partial charge in [-0.1, -0.05) is 18.2 Å². The number of esters is 1. The molecule has 0 radical (unpaired) electrons. The van der Waals surface area contributed by atoms with E-state index in [-0.39, 0.29) is 18.2 Å². The van der Waals surface area contributed by atoms with Crippen LogP contribution in [0.15, 0.2) is 52.9 Å². The Labute approximate surface area is 163 Å². The van der Waals surface area contributed by atoms with Gasteiger partial charge < -0.3 is 18.6 Å². The highest BCUT2D eigenvalue weighted by Gasteiger charge is 2.26. The Morgan fingerprint density at radius 1 is 1.07 bits per heavy atom. The van der Waals surface area contributed by atoms with Crippen molar-refractivity contribution in [1.29, 1.82) is 0 Å². The number of para-hydroxylation sites is 1. The highest BCUT2D eigenvalue weighted by atomic mass is 16.6. The number of carbonyl (C=O) groups is 2. The summed E-state index contributed by atoms with van der Waals surface area (Å²) < 4.78 is 21.6. The van der Waals surface area contributed by atoms with Gasteiger partial charge in [0.1, 0.15) is 11.3 Å². The van der Waals surface area contributed by atoms with Crippen molar-refractivity contribution >= 4 is 22.7 Å². The van der Waals surface area contributed by atoms with Crippen LogP contribution in [0.25, 0.3) is 11.0 Å². The van der Waals surface area contributed by atoms with E-state index in [1.807, 2.05) is 25.1 Å². The van der Waals surface area contributed by atoms with E-state index in [0.717, 1.165) is 5.39 Å². The van der Waals surface area contributed by atoms with Gasteiger partial charge in [0.05, 0.1) is 13.2 Å². The lowest BCUT2D eigenvalue weighted by Gasteiger charge is -2.12. The maximum absolute atomic E-state index is 12.7. The van der Waals surface area contributed by atoms with Gasteiger partial charge in [-0.3, -0.25) is 4.79 Å². The smallest absolute Gasteiger partial charge is 0.375 e. The fourth-order valence-electron chi connectivity index (χ4n) is 2.94. The van der Waals surface area contributed by atoms with Crippen LogP contribution in [0.3, 0.4) is 0 Å². The molecular formula is C22H22O6. The Kier molecular flexibility index (Phi) is 6.11. The number of ether oxygens (including phenoxy) is 3. The van der Waals surface area contributed by atoms with Crippen LogP contribution in [0.2, 0.25) is 0 Å². The second kappa shape index (κ2) is 8.71. The summed E-state index contributed by atoms with van der Waals surface area (Å²) in [6, 6.07) is 14.0. The van der Waals surface area contributed by atoms with Gasteiger partial charge >= 0.3 is 5.97 Å². The Morgan fingerprint density at radius 2 is 1.79 bits per heavy atom. The molecule has 1 atom stereocenters. The number of methoxy groups -OCH3 is 1. The van der Waals surface area contributed by atoms with E-state index in [9.17, 15) is 9.59 Å². The summed E-state index contributed by atoms with van der Waals surface area (Å²) in [7, 11) is 1.54. The van der Waals surface area contributed by atoms with Crippen molar-refractivity contribution in [3.63, 3.8) is 0 Å². The van der Waals surface area contributed by atoms with Crippen LogP contribution in [0.4, 0.5) is 0 Å². The first-order valence-corrected chi connectivity index (χ1v) is 9.02. The Hall–Kier alpha value is -3.12. The summed E-state index contributed by atoms with van der Waals surface area (Å²) in [4.78, 5) is 25.2. The largest absolute Gasteiger partial charge is 0.494 e. The third kappa shape index (κ3) is 4.07. The fraction of sp³-hybridized carbons (Fsp3) is 0.273. The standard InChI is InChI=1S/C22H22O6/c1-4-26-16-11-9-15(10-12-16)20(23)14(2)27-22(24)21-18(13-25-3)17-7-5-6-8-19(17)28-21/h5-12,14H,4,13H2,1-3H3. The van der Waals surface area contributed by atoms with Crippen LogP contribution in [-0.2, 0) is 16.1 Å². The van der Waals surface area contributed by atoms with Crippen LogP contribution in [0.5, 0.6) is 5.75 Å². The number of rotatable bonds is 8. The summed E-state index contributed by atoms with van der Waals surface area (Å²) in [5.74, 6) is -0.277. The number of Topliss-reactive ketones (excluding diaryl/α,β-unsaturated/α-hetero) is 1. The minimum Gasteiger partial charge on any atom is -0.494 e. The maximum atomic E-state index is 12.7. The molecule has 0 amide bonds. The molecule has 1 unspecified atom stereocenters. The quantitative estimate of drug-likeness (QED) is 0.424. The number of ketones is 1. The molecule has 6 heteroatoms. The molecular weight excluding hydrogens is 360 g/mol. The summed E-state index contributed by atoms with van der Waals surface area (Å²) in [6.07, 6.45) is -0.964. The van der Waals surface area contributed by atoms with Gasteiger partial charge in [-0.15, -0.1) is 0 Å². The molecule has 1 aromatic heterocycles. The van der Waals surface area contributed by atoms with Crippen LogP contribution < -0.4 is 4.74 Å². The van der Waals surface area contributed by atoms with Crippen LogP contribution in [-0.4, -0.2) is 31.6 Å². The van der Waals surface area contributed by atoms with Gasteiger partial charge in [0, 0.05) is 23.6 Å². The molecule has 0 N–H and O–H groups in total. The van der Waals surface area contributed by atoms with Crippen molar-refractivity contribution < 1.29 is 28.2 Å². The predicted octanol–water partition coefficient (Wildman–Crippen LogP) is 4.41. The molecule has 1 heterocycles. The van der Waals surface area contributed by atoms with Gasteiger partial charge in [0.15, 0.2) is 6.10 Å². The lowest BCUT2D eigenvalue weighted by molar-refractivity contribution is 0.0286. The molecule has 2 aromatic carbocycles. The van der Waals surface area contributed by atoms with Crippen LogP contribution >= 0.6 is 0 Å². The number of hydrogen-bond acceptors (Lipinski definition) is 6. The van der Waals surface area contributed by atoms with Crippen molar-refractivity contribution in [2.75, 3.05) is 13.7 Å². The van der Waals surface area contributed by atoms with Gasteiger partial charge in [-0.2, -0.15) is 0 Å². The number of furan rings is 1. The summed E-state index contributed by atoms with van der Waals surface area (Å²) in [5, 5.41) is 0.779. The summed E-state index contributed by atoms with van der Waals surface area (Å²) in [5.41, 5.74) is 1.60. The van der Waals surface area contributed by atoms with Crippen LogP contribution in [0.1, 0.15) is 40.3 Å². The first-order chi connectivity index (χ1) is 13.5. The monoisotopic (exact) mass is 382 g/mol. The third-order valence-corrected chi connectivity index (χ3v) is 4.28. The molecule has 28 heavy (non-hydrogen) atoms. The average molecular weight is 382 g/mol. The minimum atomic E-state index is -0.964. The molecule has 3 aromatic rings. The molecule has 0 aliphatic rings. The number of benzene rings is 2. The van der Waals surface area contributed by atoms with E-state index in [2.05, 4.69) is 0 Å². The molecule has 0 aliphatic carbocycles. The van der Waals surface area contributed by atoms with E-state index < -0.39 is 12.1 Å². The number of carbonyl (C=O) groups excluding carboxylic acids is 2. The SMILES string of the molecule is CCOc1ccc(C(=O)C(C)OC(=O)c2oc3ccccc3c2COC)cc1. The molecule has 6 nitrogen and oxygen atoms in total. The second-order valence-corrected chi connectivity index (χ2v) is 6.21. The molecule has 0 spiro atoms. The Morgan fingerprint density at radius 3 is 2.46 bits per heavy atom.